The Morgan fingerprint density at radius 2 is 2.27 bits per heavy atom. The van der Waals surface area contributed by atoms with Crippen LogP contribution in [0.1, 0.15) is 33.6 Å². The highest BCUT2D eigenvalue weighted by Gasteiger charge is 2.25. The van der Waals surface area contributed by atoms with Gasteiger partial charge in [-0.1, -0.05) is 25.4 Å². The van der Waals surface area contributed by atoms with Crippen LogP contribution >= 0.6 is 0 Å². The lowest BCUT2D eigenvalue weighted by Crippen LogP contribution is -2.35. The van der Waals surface area contributed by atoms with Crippen LogP contribution in [0.4, 0.5) is 0 Å². The molecular weight excluding hydrogens is 142 g/mol. The van der Waals surface area contributed by atoms with Crippen LogP contribution in [0.15, 0.2) is 5.11 Å². The predicted octanol–water partition coefficient (Wildman–Crippen LogP) is 2.24. The maximum atomic E-state index is 9.65. The van der Waals surface area contributed by atoms with Gasteiger partial charge < -0.3 is 5.11 Å². The van der Waals surface area contributed by atoms with Crippen LogP contribution in [0.2, 0.25) is 0 Å². The second-order valence-corrected chi connectivity index (χ2v) is 2.99. The van der Waals surface area contributed by atoms with Crippen LogP contribution in [0.5, 0.6) is 0 Å². The van der Waals surface area contributed by atoms with Gasteiger partial charge in [-0.15, -0.1) is 0 Å². The second kappa shape index (κ2) is 4.21. The van der Waals surface area contributed by atoms with Gasteiger partial charge in [0, 0.05) is 4.91 Å². The lowest BCUT2D eigenvalue weighted by molar-refractivity contribution is 0.0294. The molecule has 0 spiro atoms. The van der Waals surface area contributed by atoms with Crippen molar-refractivity contribution in [1.82, 2.24) is 0 Å². The van der Waals surface area contributed by atoms with Gasteiger partial charge >= 0.3 is 0 Å². The molecule has 2 unspecified atom stereocenters. The van der Waals surface area contributed by atoms with Crippen molar-refractivity contribution in [2.24, 2.45) is 5.11 Å². The minimum absolute atomic E-state index is 0.354. The molecule has 11 heavy (non-hydrogen) atoms. The van der Waals surface area contributed by atoms with E-state index in [1.54, 1.807) is 13.8 Å². The Hall–Kier alpha value is -0.730. The normalized spacial score (nSPS) is 18.2. The third kappa shape index (κ3) is 3.25. The summed E-state index contributed by atoms with van der Waals surface area (Å²) in [4.78, 5) is 2.65. The van der Waals surface area contributed by atoms with Crippen molar-refractivity contribution in [2.75, 3.05) is 0 Å². The summed E-state index contributed by atoms with van der Waals surface area (Å²) in [6.45, 7) is 5.39. The Bertz CT molecular complexity index is 161. The average Bonchev–Trinajstić information content (AvgIpc) is 1.88. The molecule has 4 heteroatoms. The molecule has 1 N–H and O–H groups in total. The zero-order chi connectivity index (χ0) is 8.91. The Balaban J connectivity index is 4.15. The van der Waals surface area contributed by atoms with Crippen LogP contribution < -0.4 is 0 Å². The lowest BCUT2D eigenvalue weighted by atomic mass is 9.93. The molecule has 0 aliphatic heterocycles. The molecule has 0 fully saturated rings. The molecule has 0 aliphatic rings. The van der Waals surface area contributed by atoms with Crippen LogP contribution in [0, 0.1) is 0 Å². The van der Waals surface area contributed by atoms with Gasteiger partial charge in [0.05, 0.1) is 11.6 Å². The molecule has 0 radical (unpaired) electrons. The van der Waals surface area contributed by atoms with Crippen molar-refractivity contribution in [3.8, 4) is 0 Å². The predicted molar refractivity (Wildman–Crippen MR) is 44.1 cm³/mol. The quantitative estimate of drug-likeness (QED) is 0.379. The molecule has 0 heterocycles. The van der Waals surface area contributed by atoms with E-state index in [0.29, 0.717) is 6.42 Å². The summed E-state index contributed by atoms with van der Waals surface area (Å²) < 4.78 is 0. The van der Waals surface area contributed by atoms with Crippen LogP contribution in [0.25, 0.3) is 10.4 Å². The van der Waals surface area contributed by atoms with Crippen LogP contribution in [-0.4, -0.2) is 16.7 Å². The summed E-state index contributed by atoms with van der Waals surface area (Å²) >= 11 is 0. The third-order valence-corrected chi connectivity index (χ3v) is 1.88. The smallest absolute Gasteiger partial charge is 0.0701 e. The first-order valence-corrected chi connectivity index (χ1v) is 3.81. The van der Waals surface area contributed by atoms with Crippen molar-refractivity contribution in [1.29, 1.82) is 0 Å². The standard InChI is InChI=1S/C7H15N3O/c1-4-5-7(3,11)6(2)9-10-8/h6,11H,4-5H2,1-3H3. The van der Waals surface area contributed by atoms with Crippen molar-refractivity contribution in [3.63, 3.8) is 0 Å². The SMILES string of the molecule is CCCC(C)(O)C(C)N=[N+]=[N-]. The van der Waals surface area contributed by atoms with Crippen LogP contribution in [0.3, 0.4) is 0 Å². The summed E-state index contributed by atoms with van der Waals surface area (Å²) in [5.41, 5.74) is 7.26. The topological polar surface area (TPSA) is 69.0 Å². The number of rotatable bonds is 4. The summed E-state index contributed by atoms with van der Waals surface area (Å²) in [7, 11) is 0. The van der Waals surface area contributed by atoms with Crippen LogP contribution in [-0.2, 0) is 0 Å². The van der Waals surface area contributed by atoms with Crippen molar-refractivity contribution in [3.05, 3.63) is 10.4 Å². The fraction of sp³-hybridized carbons (Fsp3) is 1.00. The number of hydrogen-bond acceptors (Lipinski definition) is 2. The number of aliphatic hydroxyl groups is 1. The fourth-order valence-electron chi connectivity index (χ4n) is 0.917. The van der Waals surface area contributed by atoms with Gasteiger partial charge in [-0.25, -0.2) is 0 Å². The summed E-state index contributed by atoms with van der Waals surface area (Å²) in [6.07, 6.45) is 1.55. The van der Waals surface area contributed by atoms with E-state index in [9.17, 15) is 5.11 Å². The molecule has 64 valence electrons. The minimum atomic E-state index is -0.860. The van der Waals surface area contributed by atoms with Crippen molar-refractivity contribution >= 4 is 0 Å². The molecule has 2 atom stereocenters. The molecule has 0 aromatic heterocycles. The average molecular weight is 157 g/mol. The largest absolute Gasteiger partial charge is 0.390 e. The van der Waals surface area contributed by atoms with E-state index in [4.69, 9.17) is 5.53 Å². The lowest BCUT2D eigenvalue weighted by Gasteiger charge is -2.26. The highest BCUT2D eigenvalue weighted by molar-refractivity contribution is 4.83. The van der Waals surface area contributed by atoms with E-state index in [2.05, 4.69) is 10.0 Å². The van der Waals surface area contributed by atoms with Crippen molar-refractivity contribution < 1.29 is 5.11 Å². The van der Waals surface area contributed by atoms with E-state index >= 15 is 0 Å². The van der Waals surface area contributed by atoms with Gasteiger partial charge in [0.15, 0.2) is 0 Å². The zero-order valence-electron chi connectivity index (χ0n) is 7.28. The molecule has 0 amide bonds. The summed E-state index contributed by atoms with van der Waals surface area (Å²) in [5, 5.41) is 13.1. The number of azide groups is 1. The Morgan fingerprint density at radius 3 is 2.64 bits per heavy atom. The molecule has 4 nitrogen and oxygen atoms in total. The van der Waals surface area contributed by atoms with Crippen molar-refractivity contribution in [2.45, 2.75) is 45.3 Å². The van der Waals surface area contributed by atoms with Gasteiger partial charge in [-0.05, 0) is 18.9 Å². The monoisotopic (exact) mass is 157 g/mol. The highest BCUT2D eigenvalue weighted by atomic mass is 16.3. The fourth-order valence-corrected chi connectivity index (χ4v) is 0.917. The Morgan fingerprint density at radius 1 is 1.73 bits per heavy atom. The molecule has 0 rings (SSSR count). The third-order valence-electron chi connectivity index (χ3n) is 1.88. The number of nitrogens with zero attached hydrogens (tertiary/aromatic N) is 3. The Labute approximate surface area is 66.9 Å². The molecular formula is C7H15N3O. The minimum Gasteiger partial charge on any atom is -0.390 e. The molecule has 0 aliphatic carbocycles. The maximum Gasteiger partial charge on any atom is 0.0701 e. The van der Waals surface area contributed by atoms with E-state index < -0.39 is 5.60 Å². The Kier molecular flexibility index (Phi) is 3.93. The highest BCUT2D eigenvalue weighted by Crippen LogP contribution is 2.19. The molecule has 0 aromatic rings. The zero-order valence-corrected chi connectivity index (χ0v) is 7.28. The van der Waals surface area contributed by atoms with Gasteiger partial charge in [0.2, 0.25) is 0 Å². The van der Waals surface area contributed by atoms with E-state index in [1.807, 2.05) is 6.92 Å². The van der Waals surface area contributed by atoms with E-state index in [-0.39, 0.29) is 6.04 Å². The summed E-state index contributed by atoms with van der Waals surface area (Å²) in [5.74, 6) is 0. The first-order chi connectivity index (χ1) is 5.04. The first kappa shape index (κ1) is 10.3. The number of hydrogen-bond donors (Lipinski definition) is 1. The first-order valence-electron chi connectivity index (χ1n) is 3.81. The molecule has 0 saturated carbocycles. The molecule has 0 aromatic carbocycles. The van der Waals surface area contributed by atoms with E-state index in [1.165, 1.54) is 0 Å². The maximum absolute atomic E-state index is 9.65. The van der Waals surface area contributed by atoms with Gasteiger partial charge in [-0.3, -0.25) is 0 Å². The summed E-state index contributed by atoms with van der Waals surface area (Å²) in [6, 6.07) is -0.354. The van der Waals surface area contributed by atoms with Gasteiger partial charge in [0.25, 0.3) is 0 Å². The van der Waals surface area contributed by atoms with E-state index in [0.717, 1.165) is 6.42 Å². The molecule has 0 saturated heterocycles. The van der Waals surface area contributed by atoms with Gasteiger partial charge in [0.1, 0.15) is 0 Å². The second-order valence-electron chi connectivity index (χ2n) is 2.99. The molecule has 0 bridgehead atoms. The van der Waals surface area contributed by atoms with Gasteiger partial charge in [-0.2, -0.15) is 0 Å².